The van der Waals surface area contributed by atoms with Crippen LogP contribution < -0.4 is 16.0 Å². The molecule has 2 aliphatic heterocycles. The molecule has 0 aliphatic carbocycles. The first-order valence-corrected chi connectivity index (χ1v) is 17.1. The molecular formula is C42H30N4OS. The number of amidine groups is 1. The average Bonchev–Trinajstić information content (AvgIpc) is 3.73. The van der Waals surface area contributed by atoms with Gasteiger partial charge < -0.3 is 15.1 Å². The fraction of sp³-hybridized carbons (Fsp3) is 0.0714. The van der Waals surface area contributed by atoms with Gasteiger partial charge >= 0.3 is 0 Å². The standard InChI is InChI=1S/C42H30N4OS/c1-2-12-26(13-3-1)40-44-41(27-21-22-31-30-16-7-9-20-35(30)48-36(31)23-27)46-42(45-40)38-37-32-17-6-8-19-34(32)47-39(37)33(24-43-38)29-18-10-14-25-11-4-5-15-28(25)29/h1-24,38,40-41,43-44H,(H,45,46). The van der Waals surface area contributed by atoms with Crippen LogP contribution >= 0.6 is 11.3 Å². The van der Waals surface area contributed by atoms with Gasteiger partial charge in [0, 0.05) is 42.9 Å². The molecule has 3 atom stereocenters. The molecule has 0 saturated carbocycles. The number of hydrogen-bond donors (Lipinski definition) is 3. The van der Waals surface area contributed by atoms with Crippen molar-refractivity contribution in [3.05, 3.63) is 174 Å². The van der Waals surface area contributed by atoms with E-state index in [1.54, 1.807) is 0 Å². The zero-order chi connectivity index (χ0) is 31.6. The summed E-state index contributed by atoms with van der Waals surface area (Å²) in [6.45, 7) is 0. The first-order chi connectivity index (χ1) is 23.8. The van der Waals surface area contributed by atoms with Crippen LogP contribution in [0.15, 0.2) is 155 Å². The second kappa shape index (κ2) is 10.9. The summed E-state index contributed by atoms with van der Waals surface area (Å²) in [6.07, 6.45) is 1.71. The van der Waals surface area contributed by atoms with Crippen molar-refractivity contribution in [1.82, 2.24) is 16.0 Å². The fourth-order valence-corrected chi connectivity index (χ4v) is 8.53. The molecule has 4 heterocycles. The fourth-order valence-electron chi connectivity index (χ4n) is 7.37. The predicted octanol–water partition coefficient (Wildman–Crippen LogP) is 9.98. The number of hydrogen-bond acceptors (Lipinski definition) is 6. The van der Waals surface area contributed by atoms with Gasteiger partial charge in [0.05, 0.1) is 0 Å². The third kappa shape index (κ3) is 4.38. The number of furan rings is 1. The molecule has 5 nitrogen and oxygen atoms in total. The quantitative estimate of drug-likeness (QED) is 0.180. The highest BCUT2D eigenvalue weighted by Gasteiger charge is 2.36. The highest BCUT2D eigenvalue weighted by molar-refractivity contribution is 7.25. The van der Waals surface area contributed by atoms with Crippen LogP contribution in [0.4, 0.5) is 0 Å². The highest BCUT2D eigenvalue weighted by atomic mass is 32.1. The molecule has 6 aromatic carbocycles. The predicted molar refractivity (Wildman–Crippen MR) is 198 cm³/mol. The van der Waals surface area contributed by atoms with E-state index in [2.05, 4.69) is 156 Å². The summed E-state index contributed by atoms with van der Waals surface area (Å²) in [5.41, 5.74) is 6.41. The Bertz CT molecular complexity index is 2580. The summed E-state index contributed by atoms with van der Waals surface area (Å²) in [7, 11) is 0. The number of nitrogens with zero attached hydrogens (tertiary/aromatic N) is 1. The van der Waals surface area contributed by atoms with E-state index in [1.807, 2.05) is 17.4 Å². The zero-order valence-electron chi connectivity index (χ0n) is 25.9. The minimum absolute atomic E-state index is 0.145. The van der Waals surface area contributed by atoms with E-state index in [0.717, 1.165) is 50.4 Å². The van der Waals surface area contributed by atoms with Gasteiger partial charge in [0.1, 0.15) is 35.6 Å². The van der Waals surface area contributed by atoms with Crippen molar-refractivity contribution in [3.63, 3.8) is 0 Å². The molecule has 0 saturated heterocycles. The van der Waals surface area contributed by atoms with Crippen molar-refractivity contribution in [2.75, 3.05) is 0 Å². The van der Waals surface area contributed by atoms with Gasteiger partial charge in [0.25, 0.3) is 0 Å². The maximum Gasteiger partial charge on any atom is 0.143 e. The van der Waals surface area contributed by atoms with Gasteiger partial charge in [-0.2, -0.15) is 0 Å². The number of para-hydroxylation sites is 1. The lowest BCUT2D eigenvalue weighted by atomic mass is 9.89. The lowest BCUT2D eigenvalue weighted by molar-refractivity contribution is 0.399. The first-order valence-electron chi connectivity index (χ1n) is 16.3. The Balaban J connectivity index is 1.13. The molecule has 10 rings (SSSR count). The lowest BCUT2D eigenvalue weighted by Crippen LogP contribution is -2.49. The molecule has 0 radical (unpaired) electrons. The van der Waals surface area contributed by atoms with Gasteiger partial charge in [0.2, 0.25) is 0 Å². The molecule has 0 fully saturated rings. The zero-order valence-corrected chi connectivity index (χ0v) is 26.7. The summed E-state index contributed by atoms with van der Waals surface area (Å²) in [5.74, 6) is 1.74. The summed E-state index contributed by atoms with van der Waals surface area (Å²) < 4.78 is 9.29. The second-order valence-corrected chi connectivity index (χ2v) is 13.5. The van der Waals surface area contributed by atoms with Gasteiger partial charge in [-0.15, -0.1) is 11.3 Å². The van der Waals surface area contributed by atoms with E-state index in [1.165, 1.54) is 30.9 Å². The molecule has 230 valence electrons. The minimum Gasteiger partial charge on any atom is -0.456 e. The van der Waals surface area contributed by atoms with E-state index in [4.69, 9.17) is 9.41 Å². The summed E-state index contributed by atoms with van der Waals surface area (Å²) >= 11 is 1.83. The summed E-state index contributed by atoms with van der Waals surface area (Å²) in [6, 6.07) is 49.0. The molecule has 3 unspecified atom stereocenters. The largest absolute Gasteiger partial charge is 0.456 e. The van der Waals surface area contributed by atoms with Crippen LogP contribution in [0.2, 0.25) is 0 Å². The van der Waals surface area contributed by atoms with Crippen molar-refractivity contribution < 1.29 is 4.42 Å². The van der Waals surface area contributed by atoms with Crippen LogP contribution in [0.3, 0.4) is 0 Å². The lowest BCUT2D eigenvalue weighted by Gasteiger charge is -2.36. The van der Waals surface area contributed by atoms with Gasteiger partial charge in [-0.1, -0.05) is 121 Å². The SMILES string of the molecule is C1=C(c2cccc3ccccc23)c2oc3ccccc3c2C(C2=NC(c3ccc4c(c3)sc3ccccc34)NC(c3ccccc3)N2)N1. The highest BCUT2D eigenvalue weighted by Crippen LogP contribution is 2.43. The van der Waals surface area contributed by atoms with E-state index in [0.29, 0.717) is 0 Å². The van der Waals surface area contributed by atoms with Crippen LogP contribution in [-0.2, 0) is 0 Å². The molecule has 8 aromatic rings. The van der Waals surface area contributed by atoms with Gasteiger partial charge in [-0.05, 0) is 45.7 Å². The molecule has 0 bridgehead atoms. The Kier molecular flexibility index (Phi) is 6.25. The number of benzene rings is 6. The molecule has 6 heteroatoms. The molecule has 0 amide bonds. The molecule has 2 aliphatic rings. The maximum absolute atomic E-state index is 6.72. The number of fused-ring (bicyclic) bond motifs is 7. The van der Waals surface area contributed by atoms with E-state index in [9.17, 15) is 0 Å². The Hall–Kier alpha value is -5.69. The van der Waals surface area contributed by atoms with Crippen LogP contribution in [0.25, 0.3) is 47.5 Å². The van der Waals surface area contributed by atoms with Crippen molar-refractivity contribution in [3.8, 4) is 0 Å². The number of aliphatic imine (C=N–C) groups is 1. The summed E-state index contributed by atoms with van der Waals surface area (Å²) in [4.78, 5) is 5.41. The van der Waals surface area contributed by atoms with Crippen LogP contribution in [0.1, 0.15) is 46.4 Å². The third-order valence-electron chi connectivity index (χ3n) is 9.65. The maximum atomic E-state index is 6.72. The van der Waals surface area contributed by atoms with Gasteiger partial charge in [-0.25, -0.2) is 4.99 Å². The molecule has 3 N–H and O–H groups in total. The molecule has 0 spiro atoms. The smallest absolute Gasteiger partial charge is 0.143 e. The van der Waals surface area contributed by atoms with Crippen LogP contribution in [0, 0.1) is 0 Å². The number of thiophene rings is 1. The van der Waals surface area contributed by atoms with Crippen molar-refractivity contribution in [2.45, 2.75) is 18.4 Å². The average molecular weight is 639 g/mol. The number of rotatable bonds is 4. The Morgan fingerprint density at radius 1 is 0.625 bits per heavy atom. The molecule has 48 heavy (non-hydrogen) atoms. The Morgan fingerprint density at radius 3 is 2.29 bits per heavy atom. The third-order valence-corrected chi connectivity index (χ3v) is 10.8. The van der Waals surface area contributed by atoms with Crippen molar-refractivity contribution in [2.24, 2.45) is 4.99 Å². The minimum atomic E-state index is -0.257. The van der Waals surface area contributed by atoms with E-state index in [-0.39, 0.29) is 18.4 Å². The monoisotopic (exact) mass is 638 g/mol. The number of nitrogens with one attached hydrogen (secondary N) is 3. The van der Waals surface area contributed by atoms with Crippen molar-refractivity contribution in [1.29, 1.82) is 0 Å². The van der Waals surface area contributed by atoms with Crippen molar-refractivity contribution >= 4 is 64.7 Å². The van der Waals surface area contributed by atoms with E-state index < -0.39 is 0 Å². The first kappa shape index (κ1) is 27.4. The Labute approximate surface area is 281 Å². The second-order valence-electron chi connectivity index (χ2n) is 12.5. The van der Waals surface area contributed by atoms with E-state index >= 15 is 0 Å². The molecular weight excluding hydrogens is 609 g/mol. The van der Waals surface area contributed by atoms with Crippen LogP contribution in [-0.4, -0.2) is 5.84 Å². The van der Waals surface area contributed by atoms with Crippen LogP contribution in [0.5, 0.6) is 0 Å². The normalized spacial score (nSPS) is 19.1. The Morgan fingerprint density at radius 2 is 1.38 bits per heavy atom. The topological polar surface area (TPSA) is 61.6 Å². The molecule has 2 aromatic heterocycles. The summed E-state index contributed by atoms with van der Waals surface area (Å²) in [5, 5.41) is 17.4. The van der Waals surface area contributed by atoms with Gasteiger partial charge in [-0.3, -0.25) is 5.32 Å². The van der Waals surface area contributed by atoms with Gasteiger partial charge in [0.15, 0.2) is 0 Å².